The number of anilines is 1. The number of amides is 1. The summed E-state index contributed by atoms with van der Waals surface area (Å²) in [7, 11) is 2.10. The van der Waals surface area contributed by atoms with E-state index in [-0.39, 0.29) is 5.91 Å². The summed E-state index contributed by atoms with van der Waals surface area (Å²) in [5.41, 5.74) is 4.47. The highest BCUT2D eigenvalue weighted by atomic mass is 32.2. The van der Waals surface area contributed by atoms with Crippen LogP contribution in [0, 0.1) is 18.3 Å². The number of hydrogen-bond acceptors (Lipinski definition) is 5. The normalized spacial score (nSPS) is 16.0. The van der Waals surface area contributed by atoms with E-state index in [1.165, 1.54) is 11.9 Å². The summed E-state index contributed by atoms with van der Waals surface area (Å²) in [6.45, 7) is 11.4. The maximum absolute atomic E-state index is 12.8. The Morgan fingerprint density at radius 2 is 2.16 bits per heavy atom. The zero-order valence-corrected chi connectivity index (χ0v) is 19.9. The summed E-state index contributed by atoms with van der Waals surface area (Å²) in [5, 5.41) is 10.3. The number of rotatable bonds is 7. The molecule has 1 fully saturated rings. The van der Waals surface area contributed by atoms with E-state index in [0.717, 1.165) is 65.2 Å². The Morgan fingerprint density at radius 3 is 2.88 bits per heavy atom. The number of fused-ring (bicyclic) bond motifs is 1. The van der Waals surface area contributed by atoms with Crippen molar-refractivity contribution in [3.63, 3.8) is 0 Å². The number of nitriles is 1. The number of likely N-dealkylation sites (N-methyl/N-ethyl adjacent to an activating group) is 1. The van der Waals surface area contributed by atoms with Gasteiger partial charge in [0.05, 0.1) is 23.2 Å². The Morgan fingerprint density at radius 1 is 1.34 bits per heavy atom. The molecule has 1 aromatic carbocycles. The molecule has 1 aromatic heterocycles. The molecule has 6 nitrogen and oxygen atoms in total. The average molecular weight is 450 g/mol. The molecule has 7 heteroatoms. The van der Waals surface area contributed by atoms with Crippen molar-refractivity contribution in [2.24, 2.45) is 0 Å². The number of carbonyl (C=O) groups excluding carboxylic acids is 1. The largest absolute Gasteiger partial charge is 0.358 e. The van der Waals surface area contributed by atoms with Gasteiger partial charge in [0.1, 0.15) is 6.07 Å². The summed E-state index contributed by atoms with van der Waals surface area (Å²) in [6.07, 6.45) is 8.91. The molecule has 32 heavy (non-hydrogen) atoms. The van der Waals surface area contributed by atoms with Gasteiger partial charge in [-0.15, -0.1) is 0 Å². The van der Waals surface area contributed by atoms with Crippen molar-refractivity contribution in [3.8, 4) is 6.07 Å². The van der Waals surface area contributed by atoms with Crippen LogP contribution in [0.15, 0.2) is 53.6 Å². The number of aromatic amines is 1. The van der Waals surface area contributed by atoms with Crippen LogP contribution in [0.5, 0.6) is 0 Å². The fourth-order valence-electron chi connectivity index (χ4n) is 3.84. The van der Waals surface area contributed by atoms with E-state index in [1.54, 1.807) is 12.3 Å². The average Bonchev–Trinajstić information content (AvgIpc) is 3.12. The number of nitrogens with one attached hydrogen (secondary N) is 2. The molecule has 0 unspecified atom stereocenters. The Hall–Kier alpha value is -2.95. The van der Waals surface area contributed by atoms with Crippen LogP contribution in [-0.2, 0) is 4.79 Å². The van der Waals surface area contributed by atoms with Crippen molar-refractivity contribution in [2.75, 3.05) is 37.9 Å². The number of allylic oxidation sites excluding steroid dienone is 3. The Labute approximate surface area is 194 Å². The van der Waals surface area contributed by atoms with Gasteiger partial charge in [-0.2, -0.15) is 5.26 Å². The third-order valence-corrected chi connectivity index (χ3v) is 6.61. The van der Waals surface area contributed by atoms with Crippen LogP contribution in [0.4, 0.5) is 5.69 Å². The van der Waals surface area contributed by atoms with Crippen molar-refractivity contribution in [1.29, 1.82) is 5.26 Å². The molecule has 0 bridgehead atoms. The molecule has 0 aliphatic carbocycles. The van der Waals surface area contributed by atoms with Gasteiger partial charge in [-0.1, -0.05) is 24.8 Å². The second-order valence-electron chi connectivity index (χ2n) is 8.03. The van der Waals surface area contributed by atoms with Crippen LogP contribution in [0.2, 0.25) is 0 Å². The number of H-pyrrole nitrogens is 1. The molecule has 0 spiro atoms. The molecule has 1 aliphatic heterocycles. The van der Waals surface area contributed by atoms with E-state index >= 15 is 0 Å². The van der Waals surface area contributed by atoms with E-state index < -0.39 is 0 Å². The smallest absolute Gasteiger partial charge is 0.227 e. The number of hydrogen-bond donors (Lipinski definition) is 2. The molecular formula is C25H31N5OS. The number of nitrogens with zero attached hydrogens (tertiary/aromatic N) is 3. The van der Waals surface area contributed by atoms with Crippen LogP contribution >= 0.6 is 11.9 Å². The van der Waals surface area contributed by atoms with Crippen LogP contribution in [0.25, 0.3) is 10.9 Å². The predicted molar refractivity (Wildman–Crippen MR) is 134 cm³/mol. The molecule has 1 aliphatic rings. The van der Waals surface area contributed by atoms with Crippen molar-refractivity contribution >= 4 is 34.4 Å². The molecular weight excluding hydrogens is 418 g/mol. The molecule has 2 N–H and O–H groups in total. The van der Waals surface area contributed by atoms with Gasteiger partial charge >= 0.3 is 0 Å². The topological polar surface area (TPSA) is 75.2 Å². The Balaban J connectivity index is 1.69. The first-order valence-corrected chi connectivity index (χ1v) is 11.7. The first-order valence-electron chi connectivity index (χ1n) is 10.9. The molecule has 0 saturated carbocycles. The van der Waals surface area contributed by atoms with Crippen LogP contribution in [-0.4, -0.2) is 53.9 Å². The quantitative estimate of drug-likeness (QED) is 0.461. The first-order chi connectivity index (χ1) is 15.5. The standard InChI is InChI=1S/C25H31N5OS/c1-5-19(15-23(31)30-11-7-10-29(4)12-13-30)14-21(6-2)32-28-22-9-8-18(3)24-20(16-26)17-27-25(22)24/h5-6,8-9,14,17,27-28H,2,7,10-13,15H2,1,3-4H3/b19-5+,21-14+. The van der Waals surface area contributed by atoms with E-state index in [1.807, 2.05) is 43.0 Å². The fourth-order valence-corrected chi connectivity index (χ4v) is 4.53. The monoisotopic (exact) mass is 449 g/mol. The minimum atomic E-state index is 0.168. The van der Waals surface area contributed by atoms with Crippen LogP contribution in [0.1, 0.15) is 30.9 Å². The van der Waals surface area contributed by atoms with Crippen LogP contribution in [0.3, 0.4) is 0 Å². The number of aryl methyl sites for hydroxylation is 1. The van der Waals surface area contributed by atoms with Crippen LogP contribution < -0.4 is 4.72 Å². The summed E-state index contributed by atoms with van der Waals surface area (Å²) in [4.78, 5) is 21.2. The second-order valence-corrected chi connectivity index (χ2v) is 8.91. The third-order valence-electron chi connectivity index (χ3n) is 5.77. The molecule has 2 aromatic rings. The van der Waals surface area contributed by atoms with Gasteiger partial charge in [0.15, 0.2) is 0 Å². The Kier molecular flexibility index (Phi) is 8.20. The summed E-state index contributed by atoms with van der Waals surface area (Å²) in [5.74, 6) is 0.168. The van der Waals surface area contributed by atoms with E-state index in [4.69, 9.17) is 0 Å². The predicted octanol–water partition coefficient (Wildman–Crippen LogP) is 4.98. The van der Waals surface area contributed by atoms with E-state index in [0.29, 0.717) is 12.0 Å². The maximum Gasteiger partial charge on any atom is 0.227 e. The van der Waals surface area contributed by atoms with Gasteiger partial charge in [-0.05, 0) is 69.1 Å². The lowest BCUT2D eigenvalue weighted by Gasteiger charge is -2.21. The van der Waals surface area contributed by atoms with Crippen molar-refractivity contribution in [1.82, 2.24) is 14.8 Å². The summed E-state index contributed by atoms with van der Waals surface area (Å²) in [6, 6.07) is 6.25. The first kappa shape index (κ1) is 23.7. The molecule has 3 rings (SSSR count). The van der Waals surface area contributed by atoms with E-state index in [2.05, 4.69) is 34.3 Å². The number of benzene rings is 1. The van der Waals surface area contributed by atoms with Crippen molar-refractivity contribution < 1.29 is 4.79 Å². The zero-order chi connectivity index (χ0) is 23.1. The lowest BCUT2D eigenvalue weighted by atomic mass is 10.1. The Bertz CT molecular complexity index is 1090. The third kappa shape index (κ3) is 5.64. The maximum atomic E-state index is 12.8. The zero-order valence-electron chi connectivity index (χ0n) is 19.1. The van der Waals surface area contributed by atoms with Gasteiger partial charge in [-0.25, -0.2) is 0 Å². The minimum Gasteiger partial charge on any atom is -0.358 e. The molecule has 168 valence electrons. The minimum absolute atomic E-state index is 0.168. The molecule has 1 amide bonds. The van der Waals surface area contributed by atoms with Gasteiger partial charge in [0.2, 0.25) is 5.91 Å². The van der Waals surface area contributed by atoms with Gasteiger partial charge in [0, 0.05) is 36.1 Å². The van der Waals surface area contributed by atoms with Crippen molar-refractivity contribution in [2.45, 2.75) is 26.7 Å². The van der Waals surface area contributed by atoms with Gasteiger partial charge < -0.3 is 19.5 Å². The highest BCUT2D eigenvalue weighted by Gasteiger charge is 2.18. The van der Waals surface area contributed by atoms with Gasteiger partial charge in [-0.3, -0.25) is 4.79 Å². The molecule has 1 saturated heterocycles. The number of carbonyl (C=O) groups is 1. The highest BCUT2D eigenvalue weighted by Crippen LogP contribution is 2.31. The molecule has 0 radical (unpaired) electrons. The van der Waals surface area contributed by atoms with Gasteiger partial charge in [0.25, 0.3) is 0 Å². The van der Waals surface area contributed by atoms with Crippen molar-refractivity contribution in [3.05, 3.63) is 64.7 Å². The highest BCUT2D eigenvalue weighted by molar-refractivity contribution is 8.04. The molecule has 0 atom stereocenters. The molecule has 2 heterocycles. The van der Waals surface area contributed by atoms with E-state index in [9.17, 15) is 10.1 Å². The lowest BCUT2D eigenvalue weighted by molar-refractivity contribution is -0.130. The summed E-state index contributed by atoms with van der Waals surface area (Å²) >= 11 is 1.44. The summed E-state index contributed by atoms with van der Waals surface area (Å²) < 4.78 is 3.37. The lowest BCUT2D eigenvalue weighted by Crippen LogP contribution is -2.34. The second kappa shape index (κ2) is 11.1. The SMILES string of the molecule is C=C/C(=C\C(=C/C)CC(=O)N1CCCN(C)CC1)SNc1ccc(C)c2c(C#N)c[nH]c12. The fraction of sp³-hybridized carbons (Fsp3) is 0.360. The number of aromatic nitrogens is 1.